The normalized spacial score (nSPS) is 11.9. The van der Waals surface area contributed by atoms with Crippen molar-refractivity contribution in [3.63, 3.8) is 0 Å². The van der Waals surface area contributed by atoms with Crippen LogP contribution in [0.1, 0.15) is 45.1 Å². The number of nitrogens with two attached hydrogens (primary N) is 1. The van der Waals surface area contributed by atoms with Gasteiger partial charge < -0.3 is 35.8 Å². The van der Waals surface area contributed by atoms with Gasteiger partial charge in [0.25, 0.3) is 0 Å². The van der Waals surface area contributed by atoms with Crippen LogP contribution < -0.4 is 25.8 Å². The predicted octanol–water partition coefficient (Wildman–Crippen LogP) is 1.95. The zero-order valence-corrected chi connectivity index (χ0v) is 21.2. The van der Waals surface area contributed by atoms with Gasteiger partial charge >= 0.3 is 6.09 Å². The average molecular weight is 493 g/mol. The molecule has 0 saturated carbocycles. The van der Waals surface area contributed by atoms with Gasteiger partial charge in [0.05, 0.1) is 13.7 Å². The molecular formula is C25H40N4O6. The highest BCUT2D eigenvalue weighted by atomic mass is 16.6. The Morgan fingerprint density at radius 3 is 2.57 bits per heavy atom. The van der Waals surface area contributed by atoms with Gasteiger partial charge in [0.15, 0.2) is 11.5 Å². The minimum atomic E-state index is -0.989. The lowest BCUT2D eigenvalue weighted by atomic mass is 10.1. The maximum absolute atomic E-state index is 12.1. The van der Waals surface area contributed by atoms with Gasteiger partial charge in [0, 0.05) is 33.1 Å². The monoisotopic (exact) mass is 492 g/mol. The van der Waals surface area contributed by atoms with E-state index in [2.05, 4.69) is 36.6 Å². The Morgan fingerprint density at radius 2 is 1.91 bits per heavy atom. The molecule has 1 aromatic rings. The third-order valence-electron chi connectivity index (χ3n) is 5.07. The Balaban J connectivity index is 2.44. The Bertz CT molecular complexity index is 843. The van der Waals surface area contributed by atoms with E-state index < -0.39 is 24.6 Å². The van der Waals surface area contributed by atoms with Gasteiger partial charge in [-0.3, -0.25) is 9.59 Å². The van der Waals surface area contributed by atoms with Crippen molar-refractivity contribution in [2.24, 2.45) is 11.7 Å². The summed E-state index contributed by atoms with van der Waals surface area (Å²) in [6.45, 7) is 4.50. The highest BCUT2D eigenvalue weighted by molar-refractivity contribution is 5.81. The van der Waals surface area contributed by atoms with Gasteiger partial charge in [-0.1, -0.05) is 32.1 Å². The summed E-state index contributed by atoms with van der Waals surface area (Å²) >= 11 is 0. The van der Waals surface area contributed by atoms with Crippen molar-refractivity contribution in [1.29, 1.82) is 0 Å². The zero-order valence-electron chi connectivity index (χ0n) is 21.2. The van der Waals surface area contributed by atoms with E-state index in [9.17, 15) is 14.4 Å². The topological polar surface area (TPSA) is 143 Å². The van der Waals surface area contributed by atoms with Gasteiger partial charge in [0.1, 0.15) is 6.04 Å². The van der Waals surface area contributed by atoms with Crippen LogP contribution in [0.15, 0.2) is 30.4 Å². The minimum Gasteiger partial charge on any atom is -0.493 e. The van der Waals surface area contributed by atoms with Crippen molar-refractivity contribution in [3.8, 4) is 11.5 Å². The van der Waals surface area contributed by atoms with Crippen LogP contribution in [0.25, 0.3) is 0 Å². The Hall–Kier alpha value is -3.11. The molecule has 35 heavy (non-hydrogen) atoms. The molecule has 1 aromatic carbocycles. The number of rotatable bonds is 15. The van der Waals surface area contributed by atoms with Crippen LogP contribution in [0.3, 0.4) is 0 Å². The summed E-state index contributed by atoms with van der Waals surface area (Å²) in [5.74, 6) is 0.681. The Kier molecular flexibility index (Phi) is 14.1. The molecule has 0 unspecified atom stereocenters. The second-order valence-electron chi connectivity index (χ2n) is 8.55. The molecule has 0 bridgehead atoms. The fourth-order valence-electron chi connectivity index (χ4n) is 3.04. The molecule has 10 heteroatoms. The maximum Gasteiger partial charge on any atom is 0.412 e. The number of unbranched alkanes of at least 4 members (excludes halogenated alkanes) is 2. The van der Waals surface area contributed by atoms with E-state index in [4.69, 9.17) is 20.3 Å². The number of hydrogen-bond acceptors (Lipinski definition) is 7. The van der Waals surface area contributed by atoms with Crippen LogP contribution in [0, 0.1) is 5.92 Å². The number of aliphatic hydroxyl groups excluding tert-OH is 1. The lowest BCUT2D eigenvalue weighted by Gasteiger charge is -2.20. The number of nitrogens with one attached hydrogen (secondary N) is 2. The molecule has 0 saturated heterocycles. The Labute approximate surface area is 207 Å². The summed E-state index contributed by atoms with van der Waals surface area (Å²) in [7, 11) is 2.98. The third kappa shape index (κ3) is 12.2. The first-order chi connectivity index (χ1) is 16.7. The summed E-state index contributed by atoms with van der Waals surface area (Å²) < 4.78 is 10.6. The van der Waals surface area contributed by atoms with Crippen molar-refractivity contribution in [1.82, 2.24) is 15.5 Å². The highest BCUT2D eigenvalue weighted by Crippen LogP contribution is 2.28. The molecule has 10 nitrogen and oxygen atoms in total. The molecule has 0 aliphatic rings. The first-order valence-corrected chi connectivity index (χ1v) is 11.8. The van der Waals surface area contributed by atoms with E-state index in [1.165, 1.54) is 19.1 Å². The number of amides is 3. The lowest BCUT2D eigenvalue weighted by molar-refractivity contribution is -0.132. The van der Waals surface area contributed by atoms with Crippen molar-refractivity contribution in [2.75, 3.05) is 33.9 Å². The molecule has 0 radical (unpaired) electrons. The van der Waals surface area contributed by atoms with Gasteiger partial charge in [-0.2, -0.15) is 0 Å². The molecule has 5 N–H and O–H groups in total. The highest BCUT2D eigenvalue weighted by Gasteiger charge is 2.17. The number of carbonyl (C=O) groups is 3. The Morgan fingerprint density at radius 1 is 1.17 bits per heavy atom. The smallest absolute Gasteiger partial charge is 0.412 e. The van der Waals surface area contributed by atoms with Crippen molar-refractivity contribution < 1.29 is 29.0 Å². The van der Waals surface area contributed by atoms with Crippen LogP contribution >= 0.6 is 0 Å². The third-order valence-corrected chi connectivity index (χ3v) is 5.07. The molecule has 1 atom stereocenters. The second-order valence-corrected chi connectivity index (χ2v) is 8.55. The number of methoxy groups -OCH3 is 1. The molecule has 0 aliphatic heterocycles. The molecule has 0 heterocycles. The van der Waals surface area contributed by atoms with Crippen LogP contribution in [-0.4, -0.2) is 67.8 Å². The minimum absolute atomic E-state index is 0.0140. The number of allylic oxidation sites excluding steroid dienone is 2. The maximum atomic E-state index is 12.1. The van der Waals surface area contributed by atoms with E-state index in [0.717, 1.165) is 24.8 Å². The summed E-state index contributed by atoms with van der Waals surface area (Å²) in [6.07, 6.45) is 6.87. The van der Waals surface area contributed by atoms with Gasteiger partial charge in [-0.05, 0) is 42.9 Å². The summed E-state index contributed by atoms with van der Waals surface area (Å²) in [5, 5.41) is 14.4. The molecule has 3 amide bonds. The quantitative estimate of drug-likeness (QED) is 0.216. The molecule has 0 aliphatic carbocycles. The van der Waals surface area contributed by atoms with Gasteiger partial charge in [-0.25, -0.2) is 4.79 Å². The van der Waals surface area contributed by atoms with Crippen molar-refractivity contribution in [2.45, 2.75) is 52.1 Å². The van der Waals surface area contributed by atoms with E-state index in [-0.39, 0.29) is 24.7 Å². The number of nitrogens with zero attached hydrogens (tertiary/aromatic N) is 1. The fraction of sp³-hybridized carbons (Fsp3) is 0.560. The first-order valence-electron chi connectivity index (χ1n) is 11.8. The fourth-order valence-corrected chi connectivity index (χ4v) is 3.04. The molecule has 0 spiro atoms. The molecule has 196 valence electrons. The van der Waals surface area contributed by atoms with Crippen molar-refractivity contribution >= 4 is 17.9 Å². The zero-order chi connectivity index (χ0) is 26.2. The lowest BCUT2D eigenvalue weighted by Crippen LogP contribution is -2.46. The first kappa shape index (κ1) is 29.9. The van der Waals surface area contributed by atoms with E-state index in [1.807, 2.05) is 0 Å². The number of ether oxygens (including phenoxy) is 2. The number of hydrogen-bond donors (Lipinski definition) is 4. The molecule has 1 rings (SSSR count). The number of aliphatic hydroxyl groups is 1. The number of benzene rings is 1. The van der Waals surface area contributed by atoms with Crippen LogP contribution in [0.4, 0.5) is 4.79 Å². The largest absolute Gasteiger partial charge is 0.493 e. The van der Waals surface area contributed by atoms with Crippen molar-refractivity contribution in [3.05, 3.63) is 35.9 Å². The predicted molar refractivity (Wildman–Crippen MR) is 134 cm³/mol. The number of likely N-dealkylation sites (N-methyl/N-ethyl adjacent to an activating group) is 1. The molecule has 0 aromatic heterocycles. The summed E-state index contributed by atoms with van der Waals surface area (Å²) in [6, 6.07) is 4.04. The SMILES string of the molecule is COc1cc(CNC(=O)CCCC/C=C/C(C)C)ccc1OC(=O)NCCN(C)C(=O)[C@@H](N)CO. The van der Waals surface area contributed by atoms with Crippen LogP contribution in [-0.2, 0) is 16.1 Å². The number of carbonyl (C=O) groups excluding carboxylic acids is 3. The van der Waals surface area contributed by atoms with Gasteiger partial charge in [0.2, 0.25) is 11.8 Å². The van der Waals surface area contributed by atoms with E-state index in [0.29, 0.717) is 24.6 Å². The second kappa shape index (κ2) is 16.5. The van der Waals surface area contributed by atoms with Crippen LogP contribution in [0.2, 0.25) is 0 Å². The van der Waals surface area contributed by atoms with E-state index >= 15 is 0 Å². The molecule has 0 fully saturated rings. The summed E-state index contributed by atoms with van der Waals surface area (Å²) in [5.41, 5.74) is 6.29. The average Bonchev–Trinajstić information content (AvgIpc) is 2.84. The standard InChI is InChI=1S/C25H40N4O6/c1-18(2)9-7-5-6-8-10-23(31)28-16-19-11-12-21(22(15-19)34-4)35-25(33)27-13-14-29(3)24(32)20(26)17-30/h7,9,11-12,15,18,20,30H,5-6,8,10,13-14,16-17,26H2,1-4H3,(H,27,33)(H,28,31)/b9-7+/t20-/m0/s1. The summed E-state index contributed by atoms with van der Waals surface area (Å²) in [4.78, 5) is 37.3. The molecular weight excluding hydrogens is 452 g/mol. The van der Waals surface area contributed by atoms with E-state index in [1.54, 1.807) is 18.2 Å². The van der Waals surface area contributed by atoms with Crippen LogP contribution in [0.5, 0.6) is 11.5 Å². The van der Waals surface area contributed by atoms with Gasteiger partial charge in [-0.15, -0.1) is 0 Å².